The smallest absolute Gasteiger partial charge is 0.166 e. The number of benzene rings is 1. The summed E-state index contributed by atoms with van der Waals surface area (Å²) in [7, 11) is 0. The van der Waals surface area contributed by atoms with Crippen LogP contribution in [0, 0.1) is 29.4 Å². The van der Waals surface area contributed by atoms with Crippen molar-refractivity contribution >= 4 is 5.57 Å². The number of rotatable bonds is 7. The third kappa shape index (κ3) is 4.84. The lowest BCUT2D eigenvalue weighted by Gasteiger charge is -2.33. The highest BCUT2D eigenvalue weighted by molar-refractivity contribution is 5.75. The Hall–Kier alpha value is -1.44. The minimum Gasteiger partial charge on any atom is -0.204 e. The van der Waals surface area contributed by atoms with Gasteiger partial charge in [0.15, 0.2) is 11.6 Å². The van der Waals surface area contributed by atoms with Crippen LogP contribution in [0.2, 0.25) is 0 Å². The Morgan fingerprint density at radius 2 is 1.81 bits per heavy atom. The van der Waals surface area contributed by atoms with Crippen molar-refractivity contribution in [3.63, 3.8) is 0 Å². The summed E-state index contributed by atoms with van der Waals surface area (Å²) >= 11 is 0. The van der Waals surface area contributed by atoms with Gasteiger partial charge >= 0.3 is 0 Å². The largest absolute Gasteiger partial charge is 0.204 e. The van der Waals surface area contributed by atoms with Crippen molar-refractivity contribution in [2.75, 3.05) is 0 Å². The van der Waals surface area contributed by atoms with Gasteiger partial charge in [-0.2, -0.15) is 0 Å². The Bertz CT molecular complexity index is 636. The van der Waals surface area contributed by atoms with Gasteiger partial charge in [-0.15, -0.1) is 0 Å². The van der Waals surface area contributed by atoms with E-state index in [1.165, 1.54) is 63.9 Å². The van der Waals surface area contributed by atoms with Crippen LogP contribution in [0.3, 0.4) is 0 Å². The molecule has 26 heavy (non-hydrogen) atoms. The molecule has 0 radical (unpaired) electrons. The van der Waals surface area contributed by atoms with E-state index in [4.69, 9.17) is 0 Å². The highest BCUT2D eigenvalue weighted by atomic mass is 19.2. The molecule has 0 N–H and O–H groups in total. The van der Waals surface area contributed by atoms with Gasteiger partial charge in [0.1, 0.15) is 0 Å². The van der Waals surface area contributed by atoms with Crippen molar-refractivity contribution in [3.8, 4) is 0 Å². The summed E-state index contributed by atoms with van der Waals surface area (Å²) in [4.78, 5) is 0. The quantitative estimate of drug-likeness (QED) is 0.438. The third-order valence-electron chi connectivity index (χ3n) is 6.36. The molecule has 1 atom stereocenters. The first-order valence-electron chi connectivity index (χ1n) is 10.5. The Morgan fingerprint density at radius 1 is 1.00 bits per heavy atom. The van der Waals surface area contributed by atoms with Crippen molar-refractivity contribution in [1.82, 2.24) is 0 Å². The Kier molecular flexibility index (Phi) is 7.05. The van der Waals surface area contributed by atoms with Crippen molar-refractivity contribution in [2.24, 2.45) is 17.8 Å². The van der Waals surface area contributed by atoms with Crippen molar-refractivity contribution in [3.05, 3.63) is 53.6 Å². The number of hydrogen-bond donors (Lipinski definition) is 0. The topological polar surface area (TPSA) is 0 Å². The average molecular weight is 359 g/mol. The molecule has 0 saturated heterocycles. The molecular weight excluding hydrogens is 326 g/mol. The molecule has 142 valence electrons. The monoisotopic (exact) mass is 358 g/mol. The Morgan fingerprint density at radius 3 is 2.50 bits per heavy atom. The van der Waals surface area contributed by atoms with Crippen LogP contribution in [0.15, 0.2) is 36.4 Å². The van der Waals surface area contributed by atoms with Crippen LogP contribution in [-0.2, 0) is 0 Å². The molecule has 1 saturated carbocycles. The fourth-order valence-corrected chi connectivity index (χ4v) is 4.68. The molecule has 3 rings (SSSR count). The van der Waals surface area contributed by atoms with Crippen LogP contribution in [0.25, 0.3) is 5.57 Å². The van der Waals surface area contributed by atoms with E-state index in [1.54, 1.807) is 12.1 Å². The summed E-state index contributed by atoms with van der Waals surface area (Å²) in [6.07, 6.45) is 19.6. The van der Waals surface area contributed by atoms with E-state index in [-0.39, 0.29) is 0 Å². The summed E-state index contributed by atoms with van der Waals surface area (Å²) in [6.45, 7) is 2.27. The van der Waals surface area contributed by atoms with Crippen LogP contribution in [-0.4, -0.2) is 0 Å². The first kappa shape index (κ1) is 19.3. The highest BCUT2D eigenvalue weighted by Crippen LogP contribution is 2.40. The van der Waals surface area contributed by atoms with Gasteiger partial charge in [0.2, 0.25) is 0 Å². The molecule has 0 aromatic heterocycles. The maximum absolute atomic E-state index is 14.0. The number of allylic oxidation sites excluding steroid dienone is 4. The van der Waals surface area contributed by atoms with Gasteiger partial charge in [0, 0.05) is 5.56 Å². The van der Waals surface area contributed by atoms with Gasteiger partial charge in [0.05, 0.1) is 0 Å². The Balaban J connectivity index is 1.48. The molecule has 0 heterocycles. The van der Waals surface area contributed by atoms with Gasteiger partial charge in [-0.3, -0.25) is 0 Å². The zero-order chi connectivity index (χ0) is 18.4. The minimum absolute atomic E-state index is 0.385. The third-order valence-corrected chi connectivity index (χ3v) is 6.36. The fraction of sp³-hybridized carbons (Fsp3) is 0.583. The molecule has 1 unspecified atom stereocenters. The summed E-state index contributed by atoms with van der Waals surface area (Å²) < 4.78 is 27.4. The lowest BCUT2D eigenvalue weighted by molar-refractivity contribution is 0.218. The van der Waals surface area contributed by atoms with Crippen LogP contribution in [0.5, 0.6) is 0 Å². The number of unbranched alkanes of at least 4 members (excludes halogenated alkanes) is 3. The lowest BCUT2D eigenvalue weighted by atomic mass is 9.72. The summed E-state index contributed by atoms with van der Waals surface area (Å²) in [5, 5.41) is 0. The molecule has 0 nitrogen and oxygen atoms in total. The standard InChI is InChI=1S/C24H32F2/c1-2-3-4-5-7-18-10-12-19(13-11-18)20-14-16-21(17-15-20)22-8-6-9-23(25)24(22)26/h6,8-9,14,16-20H,2-5,7,10-13,15H2,1H3. The van der Waals surface area contributed by atoms with E-state index >= 15 is 0 Å². The molecule has 2 aliphatic carbocycles. The Labute approximate surface area is 157 Å². The molecule has 0 aliphatic heterocycles. The second-order valence-corrected chi connectivity index (χ2v) is 8.15. The fourth-order valence-electron chi connectivity index (χ4n) is 4.68. The zero-order valence-electron chi connectivity index (χ0n) is 16.0. The molecule has 0 amide bonds. The molecular formula is C24H32F2. The number of hydrogen-bond acceptors (Lipinski definition) is 0. The van der Waals surface area contributed by atoms with Crippen LogP contribution in [0.1, 0.15) is 76.7 Å². The van der Waals surface area contributed by atoms with Gasteiger partial charge in [0.25, 0.3) is 0 Å². The molecule has 2 aliphatic rings. The molecule has 1 aromatic rings. The maximum Gasteiger partial charge on any atom is 0.166 e. The molecule has 0 bridgehead atoms. The molecule has 0 spiro atoms. The lowest BCUT2D eigenvalue weighted by Crippen LogP contribution is -2.21. The van der Waals surface area contributed by atoms with Crippen LogP contribution >= 0.6 is 0 Å². The van der Waals surface area contributed by atoms with E-state index in [1.807, 2.05) is 6.08 Å². The van der Waals surface area contributed by atoms with Gasteiger partial charge in [-0.05, 0) is 48.7 Å². The SMILES string of the molecule is CCCCCCC1CCC(C2C=CC(c3cccc(F)c3F)=CC2)CC1. The van der Waals surface area contributed by atoms with E-state index in [0.717, 1.165) is 23.8 Å². The van der Waals surface area contributed by atoms with E-state index in [2.05, 4.69) is 19.1 Å². The van der Waals surface area contributed by atoms with Crippen molar-refractivity contribution in [2.45, 2.75) is 71.1 Å². The zero-order valence-corrected chi connectivity index (χ0v) is 16.0. The average Bonchev–Trinajstić information content (AvgIpc) is 2.68. The van der Waals surface area contributed by atoms with Crippen molar-refractivity contribution in [1.29, 1.82) is 0 Å². The maximum atomic E-state index is 14.0. The van der Waals surface area contributed by atoms with Gasteiger partial charge in [-0.25, -0.2) is 8.78 Å². The molecule has 2 heteroatoms. The second kappa shape index (κ2) is 9.48. The van der Waals surface area contributed by atoms with Crippen LogP contribution < -0.4 is 0 Å². The molecule has 1 fully saturated rings. The summed E-state index contributed by atoms with van der Waals surface area (Å²) in [6, 6.07) is 4.42. The van der Waals surface area contributed by atoms with Gasteiger partial charge < -0.3 is 0 Å². The van der Waals surface area contributed by atoms with Crippen LogP contribution in [0.4, 0.5) is 8.78 Å². The minimum atomic E-state index is -0.767. The van der Waals surface area contributed by atoms with Crippen molar-refractivity contribution < 1.29 is 8.78 Å². The predicted molar refractivity (Wildman–Crippen MR) is 106 cm³/mol. The van der Waals surface area contributed by atoms with Gasteiger partial charge in [-0.1, -0.05) is 82.2 Å². The summed E-state index contributed by atoms with van der Waals surface area (Å²) in [5.74, 6) is 0.759. The number of halogens is 2. The second-order valence-electron chi connectivity index (χ2n) is 8.15. The normalized spacial score (nSPS) is 26.0. The highest BCUT2D eigenvalue weighted by Gasteiger charge is 2.27. The van der Waals surface area contributed by atoms with E-state index < -0.39 is 11.6 Å². The first-order chi connectivity index (χ1) is 12.7. The summed E-state index contributed by atoms with van der Waals surface area (Å²) in [5.41, 5.74) is 1.21. The van der Waals surface area contributed by atoms with E-state index in [0.29, 0.717) is 11.5 Å². The van der Waals surface area contributed by atoms with E-state index in [9.17, 15) is 8.78 Å². The molecule has 1 aromatic carbocycles. The first-order valence-corrected chi connectivity index (χ1v) is 10.5. The predicted octanol–water partition coefficient (Wildman–Crippen LogP) is 7.70.